The molecule has 0 radical (unpaired) electrons. The van der Waals surface area contributed by atoms with E-state index >= 15 is 0 Å². The SMILES string of the molecule is CCCCN(C(=O)CNC(=O)c1cccs1)[C@@H](C(=O)NC1CCCCC1)c1cccc(OC)c1. The van der Waals surface area contributed by atoms with Crippen LogP contribution in [0.1, 0.15) is 73.1 Å². The smallest absolute Gasteiger partial charge is 0.261 e. The molecule has 0 aliphatic heterocycles. The summed E-state index contributed by atoms with van der Waals surface area (Å²) in [6, 6.07) is 10.1. The molecule has 0 unspecified atom stereocenters. The molecule has 0 bridgehead atoms. The number of unbranched alkanes of at least 4 members (excludes halogenated alkanes) is 1. The van der Waals surface area contributed by atoms with Crippen LogP contribution >= 0.6 is 11.3 Å². The number of methoxy groups -OCH3 is 1. The molecule has 1 aromatic heterocycles. The van der Waals surface area contributed by atoms with E-state index in [9.17, 15) is 14.4 Å². The fourth-order valence-corrected chi connectivity index (χ4v) is 4.93. The van der Waals surface area contributed by atoms with Gasteiger partial charge in [-0.05, 0) is 48.4 Å². The first-order chi connectivity index (χ1) is 16.5. The lowest BCUT2D eigenvalue weighted by molar-refractivity contribution is -0.140. The van der Waals surface area contributed by atoms with Gasteiger partial charge in [-0.2, -0.15) is 0 Å². The lowest BCUT2D eigenvalue weighted by Crippen LogP contribution is -2.49. The van der Waals surface area contributed by atoms with Crippen LogP contribution in [0.4, 0.5) is 0 Å². The third-order valence-electron chi connectivity index (χ3n) is 6.14. The van der Waals surface area contributed by atoms with Gasteiger partial charge in [0.1, 0.15) is 11.8 Å². The predicted octanol–water partition coefficient (Wildman–Crippen LogP) is 4.31. The van der Waals surface area contributed by atoms with E-state index in [0.29, 0.717) is 22.7 Å². The van der Waals surface area contributed by atoms with Crippen LogP contribution in [-0.4, -0.2) is 48.9 Å². The maximum Gasteiger partial charge on any atom is 0.261 e. The Labute approximate surface area is 205 Å². The van der Waals surface area contributed by atoms with Gasteiger partial charge in [-0.15, -0.1) is 11.3 Å². The molecule has 1 aromatic carbocycles. The van der Waals surface area contributed by atoms with E-state index in [1.807, 2.05) is 36.6 Å². The molecule has 1 atom stereocenters. The number of nitrogens with zero attached hydrogens (tertiary/aromatic N) is 1. The van der Waals surface area contributed by atoms with Crippen LogP contribution in [0.3, 0.4) is 0 Å². The number of nitrogens with one attached hydrogen (secondary N) is 2. The third-order valence-corrected chi connectivity index (χ3v) is 7.01. The third kappa shape index (κ3) is 7.06. The van der Waals surface area contributed by atoms with Gasteiger partial charge in [0, 0.05) is 12.6 Å². The highest BCUT2D eigenvalue weighted by molar-refractivity contribution is 7.12. The summed E-state index contributed by atoms with van der Waals surface area (Å²) < 4.78 is 5.39. The molecule has 7 nitrogen and oxygen atoms in total. The van der Waals surface area contributed by atoms with Crippen molar-refractivity contribution in [2.24, 2.45) is 0 Å². The Morgan fingerprint density at radius 1 is 1.15 bits per heavy atom. The van der Waals surface area contributed by atoms with Crippen molar-refractivity contribution in [1.82, 2.24) is 15.5 Å². The summed E-state index contributed by atoms with van der Waals surface area (Å²) in [6.07, 6.45) is 6.93. The van der Waals surface area contributed by atoms with Gasteiger partial charge in [0.2, 0.25) is 11.8 Å². The van der Waals surface area contributed by atoms with E-state index in [2.05, 4.69) is 10.6 Å². The van der Waals surface area contributed by atoms with E-state index in [0.717, 1.165) is 38.5 Å². The Bertz CT molecular complexity index is 941. The second-order valence-electron chi connectivity index (χ2n) is 8.62. The van der Waals surface area contributed by atoms with Crippen LogP contribution in [0, 0.1) is 0 Å². The molecule has 1 saturated carbocycles. The summed E-state index contributed by atoms with van der Waals surface area (Å²) in [6.45, 7) is 2.30. The van der Waals surface area contributed by atoms with Crippen molar-refractivity contribution in [1.29, 1.82) is 0 Å². The summed E-state index contributed by atoms with van der Waals surface area (Å²) in [5, 5.41) is 7.73. The van der Waals surface area contributed by atoms with Crippen molar-refractivity contribution < 1.29 is 19.1 Å². The summed E-state index contributed by atoms with van der Waals surface area (Å²) >= 11 is 1.32. The maximum absolute atomic E-state index is 13.6. The average Bonchev–Trinajstić information content (AvgIpc) is 3.40. The zero-order valence-electron chi connectivity index (χ0n) is 20.0. The monoisotopic (exact) mass is 485 g/mol. The predicted molar refractivity (Wildman–Crippen MR) is 134 cm³/mol. The number of benzene rings is 1. The first-order valence-corrected chi connectivity index (χ1v) is 13.0. The van der Waals surface area contributed by atoms with Gasteiger partial charge < -0.3 is 20.3 Å². The van der Waals surface area contributed by atoms with Gasteiger partial charge in [0.05, 0.1) is 18.5 Å². The topological polar surface area (TPSA) is 87.7 Å². The Hall–Kier alpha value is -2.87. The van der Waals surface area contributed by atoms with Crippen LogP contribution in [-0.2, 0) is 9.59 Å². The maximum atomic E-state index is 13.6. The van der Waals surface area contributed by atoms with Crippen LogP contribution in [0.25, 0.3) is 0 Å². The molecule has 1 heterocycles. The van der Waals surface area contributed by atoms with Crippen molar-refractivity contribution in [3.63, 3.8) is 0 Å². The first kappa shape index (κ1) is 25.7. The van der Waals surface area contributed by atoms with Gasteiger partial charge in [0.25, 0.3) is 5.91 Å². The van der Waals surface area contributed by atoms with E-state index < -0.39 is 6.04 Å². The summed E-state index contributed by atoms with van der Waals surface area (Å²) in [5.74, 6) is -0.135. The van der Waals surface area contributed by atoms with Gasteiger partial charge in [-0.25, -0.2) is 0 Å². The summed E-state index contributed by atoms with van der Waals surface area (Å²) in [4.78, 5) is 41.6. The van der Waals surface area contributed by atoms with Crippen molar-refractivity contribution in [3.05, 3.63) is 52.2 Å². The zero-order chi connectivity index (χ0) is 24.3. The number of ether oxygens (including phenoxy) is 1. The minimum atomic E-state index is -0.797. The Balaban J connectivity index is 1.84. The van der Waals surface area contributed by atoms with Gasteiger partial charge in [-0.1, -0.05) is 50.8 Å². The second kappa shape index (κ2) is 13.1. The van der Waals surface area contributed by atoms with Gasteiger partial charge in [0.15, 0.2) is 0 Å². The highest BCUT2D eigenvalue weighted by atomic mass is 32.1. The van der Waals surface area contributed by atoms with E-state index in [-0.39, 0.29) is 30.3 Å². The summed E-state index contributed by atoms with van der Waals surface area (Å²) in [7, 11) is 1.58. The molecule has 2 aromatic rings. The standard InChI is InChI=1S/C26H35N3O4S/c1-3-4-15-29(23(30)18-27-25(31)22-14-9-16-34-22)24(19-10-8-13-21(17-19)33-2)26(32)28-20-11-6-5-7-12-20/h8-10,13-14,16-17,20,24H,3-7,11-12,15,18H2,1-2H3,(H,27,31)(H,28,32)/t24-/m1/s1. The Morgan fingerprint density at radius 3 is 2.62 bits per heavy atom. The molecular weight excluding hydrogens is 450 g/mol. The number of hydrogen-bond acceptors (Lipinski definition) is 5. The van der Waals surface area contributed by atoms with Gasteiger partial charge in [-0.3, -0.25) is 14.4 Å². The van der Waals surface area contributed by atoms with Crippen molar-refractivity contribution >= 4 is 29.1 Å². The fourth-order valence-electron chi connectivity index (χ4n) is 4.29. The summed E-state index contributed by atoms with van der Waals surface area (Å²) in [5.41, 5.74) is 0.696. The molecule has 3 rings (SSSR count). The molecule has 1 aliphatic rings. The molecule has 2 N–H and O–H groups in total. The van der Waals surface area contributed by atoms with Crippen LogP contribution in [0.5, 0.6) is 5.75 Å². The minimum Gasteiger partial charge on any atom is -0.497 e. The zero-order valence-corrected chi connectivity index (χ0v) is 20.9. The quantitative estimate of drug-likeness (QED) is 0.497. The second-order valence-corrected chi connectivity index (χ2v) is 9.57. The van der Waals surface area contributed by atoms with Crippen LogP contribution < -0.4 is 15.4 Å². The molecule has 3 amide bonds. The lowest BCUT2D eigenvalue weighted by Gasteiger charge is -2.33. The number of thiophene rings is 1. The molecule has 0 spiro atoms. The number of carbonyl (C=O) groups is 3. The molecular formula is C26H35N3O4S. The molecule has 0 saturated heterocycles. The van der Waals surface area contributed by atoms with Crippen molar-refractivity contribution in [2.45, 2.75) is 64.0 Å². The van der Waals surface area contributed by atoms with Crippen molar-refractivity contribution in [3.8, 4) is 5.75 Å². The molecule has 8 heteroatoms. The van der Waals surface area contributed by atoms with Crippen LogP contribution in [0.2, 0.25) is 0 Å². The normalized spacial score (nSPS) is 14.8. The largest absolute Gasteiger partial charge is 0.497 e. The van der Waals surface area contributed by atoms with Gasteiger partial charge >= 0.3 is 0 Å². The lowest BCUT2D eigenvalue weighted by atomic mass is 9.94. The number of carbonyl (C=O) groups excluding carboxylic acids is 3. The number of rotatable bonds is 11. The van der Waals surface area contributed by atoms with Crippen LogP contribution in [0.15, 0.2) is 41.8 Å². The molecule has 1 fully saturated rings. The molecule has 184 valence electrons. The number of hydrogen-bond donors (Lipinski definition) is 2. The number of amides is 3. The average molecular weight is 486 g/mol. The van der Waals surface area contributed by atoms with E-state index in [1.54, 1.807) is 24.1 Å². The van der Waals surface area contributed by atoms with E-state index in [4.69, 9.17) is 4.74 Å². The van der Waals surface area contributed by atoms with Crippen molar-refractivity contribution in [2.75, 3.05) is 20.2 Å². The Kier molecular flexibility index (Phi) is 9.94. The molecule has 1 aliphatic carbocycles. The first-order valence-electron chi connectivity index (χ1n) is 12.1. The Morgan fingerprint density at radius 2 is 1.94 bits per heavy atom. The highest BCUT2D eigenvalue weighted by Gasteiger charge is 2.33. The highest BCUT2D eigenvalue weighted by Crippen LogP contribution is 2.27. The van der Waals surface area contributed by atoms with E-state index in [1.165, 1.54) is 17.8 Å². The fraction of sp³-hybridized carbons (Fsp3) is 0.500. The minimum absolute atomic E-state index is 0.121. The molecule has 34 heavy (non-hydrogen) atoms.